The van der Waals surface area contributed by atoms with E-state index < -0.39 is 0 Å². The highest BCUT2D eigenvalue weighted by Crippen LogP contribution is 2.31. The third-order valence-electron chi connectivity index (χ3n) is 5.18. The van der Waals surface area contributed by atoms with Gasteiger partial charge in [-0.1, -0.05) is 23.2 Å². The lowest BCUT2D eigenvalue weighted by Crippen LogP contribution is -2.32. The predicted molar refractivity (Wildman–Crippen MR) is 115 cm³/mol. The lowest BCUT2D eigenvalue weighted by molar-refractivity contribution is -0.125. The smallest absolute Gasteiger partial charge is 0.227 e. The molecule has 0 aromatic heterocycles. The number of carbonyl (C=O) groups is 2. The van der Waals surface area contributed by atoms with Gasteiger partial charge in [0.2, 0.25) is 11.8 Å². The minimum atomic E-state index is -0.187. The van der Waals surface area contributed by atoms with Crippen molar-refractivity contribution in [3.63, 3.8) is 0 Å². The van der Waals surface area contributed by atoms with Crippen LogP contribution in [-0.2, 0) is 9.59 Å². The quantitative estimate of drug-likeness (QED) is 0.687. The summed E-state index contributed by atoms with van der Waals surface area (Å²) in [5.41, 5.74) is 1.79. The van der Waals surface area contributed by atoms with E-state index in [1.54, 1.807) is 36.4 Å². The topological polar surface area (TPSA) is 106 Å². The van der Waals surface area contributed by atoms with Crippen molar-refractivity contribution < 1.29 is 9.59 Å². The molecule has 1 aliphatic rings. The van der Waals surface area contributed by atoms with Crippen LogP contribution in [0.4, 0.5) is 11.4 Å². The fourth-order valence-corrected chi connectivity index (χ4v) is 3.92. The summed E-state index contributed by atoms with van der Waals surface area (Å²) >= 11 is 12.0. The Labute approximate surface area is 184 Å². The van der Waals surface area contributed by atoms with Gasteiger partial charge in [-0.05, 0) is 62.1 Å². The fourth-order valence-electron chi connectivity index (χ4n) is 3.47. The number of hydrogen-bond donors (Lipinski definition) is 2. The zero-order chi connectivity index (χ0) is 21.7. The monoisotopic (exact) mass is 440 g/mol. The number of amides is 2. The van der Waals surface area contributed by atoms with E-state index in [9.17, 15) is 9.59 Å². The molecular formula is C22H18Cl2N4O2. The van der Waals surface area contributed by atoms with Gasteiger partial charge in [0.1, 0.15) is 12.1 Å². The number of nitrogens with zero attached hydrogens (tertiary/aromatic N) is 2. The molecule has 1 fully saturated rings. The lowest BCUT2D eigenvalue weighted by Gasteiger charge is -2.27. The average Bonchev–Trinajstić information content (AvgIpc) is 2.74. The first-order valence-electron chi connectivity index (χ1n) is 9.42. The van der Waals surface area contributed by atoms with Crippen molar-refractivity contribution in [3.8, 4) is 12.1 Å². The van der Waals surface area contributed by atoms with E-state index in [0.717, 1.165) is 0 Å². The molecule has 0 heterocycles. The average molecular weight is 441 g/mol. The first-order chi connectivity index (χ1) is 14.4. The molecule has 152 valence electrons. The SMILES string of the molecule is N#Cc1ccc(NC(=O)C2CCC(C(=O)Nc3ccc(C#N)c(Cl)c3)CC2)cc1Cl. The molecule has 30 heavy (non-hydrogen) atoms. The highest BCUT2D eigenvalue weighted by Gasteiger charge is 2.30. The van der Waals surface area contributed by atoms with Crippen LogP contribution in [0, 0.1) is 34.5 Å². The molecule has 0 aliphatic heterocycles. The molecule has 0 radical (unpaired) electrons. The fraction of sp³-hybridized carbons (Fsp3) is 0.273. The van der Waals surface area contributed by atoms with Crippen molar-refractivity contribution in [1.29, 1.82) is 10.5 Å². The second-order valence-corrected chi connectivity index (χ2v) is 7.95. The Morgan fingerprint density at radius 3 is 1.43 bits per heavy atom. The second-order valence-electron chi connectivity index (χ2n) is 7.14. The maximum atomic E-state index is 12.5. The first kappa shape index (κ1) is 21.6. The molecule has 0 saturated heterocycles. The minimum absolute atomic E-state index is 0.117. The predicted octanol–water partition coefficient (Wildman–Crippen LogP) is 5.12. The molecule has 0 spiro atoms. The van der Waals surface area contributed by atoms with Gasteiger partial charge in [-0.3, -0.25) is 9.59 Å². The van der Waals surface area contributed by atoms with Gasteiger partial charge in [-0.2, -0.15) is 10.5 Å². The van der Waals surface area contributed by atoms with Crippen LogP contribution in [-0.4, -0.2) is 11.8 Å². The maximum Gasteiger partial charge on any atom is 0.227 e. The van der Waals surface area contributed by atoms with Crippen molar-refractivity contribution in [2.45, 2.75) is 25.7 Å². The van der Waals surface area contributed by atoms with Crippen molar-refractivity contribution in [1.82, 2.24) is 0 Å². The van der Waals surface area contributed by atoms with E-state index in [1.807, 2.05) is 12.1 Å². The summed E-state index contributed by atoms with van der Waals surface area (Å²) in [6, 6.07) is 13.5. The lowest BCUT2D eigenvalue weighted by atomic mass is 9.81. The highest BCUT2D eigenvalue weighted by atomic mass is 35.5. The summed E-state index contributed by atoms with van der Waals surface area (Å²) in [6.45, 7) is 0. The van der Waals surface area contributed by atoms with Gasteiger partial charge in [-0.25, -0.2) is 0 Å². The van der Waals surface area contributed by atoms with Crippen molar-refractivity contribution >= 4 is 46.4 Å². The number of benzene rings is 2. The Morgan fingerprint density at radius 1 is 0.767 bits per heavy atom. The van der Waals surface area contributed by atoms with Gasteiger partial charge >= 0.3 is 0 Å². The van der Waals surface area contributed by atoms with Gasteiger partial charge in [0.05, 0.1) is 21.2 Å². The Bertz CT molecular complexity index is 978. The Hall–Kier alpha value is -3.06. The molecule has 2 aromatic rings. The number of anilines is 2. The zero-order valence-corrected chi connectivity index (χ0v) is 17.4. The van der Waals surface area contributed by atoms with E-state index in [0.29, 0.717) is 58.2 Å². The number of nitriles is 2. The van der Waals surface area contributed by atoms with Gasteiger partial charge in [-0.15, -0.1) is 0 Å². The summed E-state index contributed by atoms with van der Waals surface area (Å²) in [5.74, 6) is -0.609. The number of rotatable bonds is 4. The zero-order valence-electron chi connectivity index (χ0n) is 15.9. The maximum absolute atomic E-state index is 12.5. The van der Waals surface area contributed by atoms with Crippen LogP contribution in [0.1, 0.15) is 36.8 Å². The van der Waals surface area contributed by atoms with E-state index >= 15 is 0 Å². The normalized spacial score (nSPS) is 18.0. The number of hydrogen-bond acceptors (Lipinski definition) is 4. The standard InChI is InChI=1S/C22H18Cl2N4O2/c23-19-9-17(7-5-15(19)11-25)27-21(29)13-1-2-14(4-3-13)22(30)28-18-8-6-16(12-26)20(24)10-18/h5-10,13-14H,1-4H2,(H,27,29)(H,28,30). The van der Waals surface area contributed by atoms with E-state index in [4.69, 9.17) is 33.7 Å². The first-order valence-corrected chi connectivity index (χ1v) is 10.2. The molecule has 0 atom stereocenters. The molecule has 2 N–H and O–H groups in total. The van der Waals surface area contributed by atoms with Crippen LogP contribution in [0.25, 0.3) is 0 Å². The molecule has 1 aliphatic carbocycles. The summed E-state index contributed by atoms with van der Waals surface area (Å²) in [5, 5.41) is 24.1. The van der Waals surface area contributed by atoms with Gasteiger partial charge in [0, 0.05) is 23.2 Å². The summed E-state index contributed by atoms with van der Waals surface area (Å²) < 4.78 is 0. The van der Waals surface area contributed by atoms with E-state index in [-0.39, 0.29) is 23.7 Å². The highest BCUT2D eigenvalue weighted by molar-refractivity contribution is 6.32. The van der Waals surface area contributed by atoms with Gasteiger partial charge in [0.15, 0.2) is 0 Å². The van der Waals surface area contributed by atoms with Gasteiger partial charge in [0.25, 0.3) is 0 Å². The summed E-state index contributed by atoms with van der Waals surface area (Å²) in [6.07, 6.45) is 2.40. The molecule has 3 rings (SSSR count). The van der Waals surface area contributed by atoms with Crippen LogP contribution < -0.4 is 10.6 Å². The minimum Gasteiger partial charge on any atom is -0.326 e. The molecule has 0 bridgehead atoms. The molecule has 6 nitrogen and oxygen atoms in total. The molecule has 2 aromatic carbocycles. The molecule has 1 saturated carbocycles. The number of carbonyl (C=O) groups excluding carboxylic acids is 2. The van der Waals surface area contributed by atoms with E-state index in [1.165, 1.54) is 0 Å². The third kappa shape index (κ3) is 5.10. The Balaban J connectivity index is 1.52. The Morgan fingerprint density at radius 2 is 1.13 bits per heavy atom. The number of nitrogens with one attached hydrogen (secondary N) is 2. The molecule has 0 unspecified atom stereocenters. The third-order valence-corrected chi connectivity index (χ3v) is 5.81. The van der Waals surface area contributed by atoms with Crippen LogP contribution in [0.3, 0.4) is 0 Å². The molecule has 8 heteroatoms. The molecular weight excluding hydrogens is 423 g/mol. The largest absolute Gasteiger partial charge is 0.326 e. The van der Waals surface area contributed by atoms with Crippen molar-refractivity contribution in [2.75, 3.05) is 10.6 Å². The summed E-state index contributed by atoms with van der Waals surface area (Å²) in [7, 11) is 0. The van der Waals surface area contributed by atoms with Crippen molar-refractivity contribution in [3.05, 3.63) is 57.6 Å². The van der Waals surface area contributed by atoms with Crippen LogP contribution >= 0.6 is 23.2 Å². The number of halogens is 2. The van der Waals surface area contributed by atoms with Crippen LogP contribution in [0.2, 0.25) is 10.0 Å². The van der Waals surface area contributed by atoms with Gasteiger partial charge < -0.3 is 10.6 Å². The summed E-state index contributed by atoms with van der Waals surface area (Å²) in [4.78, 5) is 25.1. The molecule has 2 amide bonds. The van der Waals surface area contributed by atoms with E-state index in [2.05, 4.69) is 10.6 Å². The Kier molecular flexibility index (Phi) is 6.95. The van der Waals surface area contributed by atoms with Crippen LogP contribution in [0.15, 0.2) is 36.4 Å². The van der Waals surface area contributed by atoms with Crippen molar-refractivity contribution in [2.24, 2.45) is 11.8 Å². The van der Waals surface area contributed by atoms with Crippen LogP contribution in [0.5, 0.6) is 0 Å². The second kappa shape index (κ2) is 9.63.